The lowest BCUT2D eigenvalue weighted by Gasteiger charge is -2.17. The number of esters is 1. The highest BCUT2D eigenvalue weighted by molar-refractivity contribution is 7.98. The predicted molar refractivity (Wildman–Crippen MR) is 87.5 cm³/mol. The molecule has 2 heterocycles. The lowest BCUT2D eigenvalue weighted by molar-refractivity contribution is -0.150. The molecule has 1 fully saturated rings. The Hall–Kier alpha value is -2.35. The molecule has 2 aromatic rings. The average molecular weight is 347 g/mol. The van der Waals surface area contributed by atoms with Crippen molar-refractivity contribution >= 4 is 29.3 Å². The van der Waals surface area contributed by atoms with E-state index in [0.717, 1.165) is 10.6 Å². The van der Waals surface area contributed by atoms with Crippen molar-refractivity contribution in [2.24, 2.45) is 5.92 Å². The van der Waals surface area contributed by atoms with E-state index in [-0.39, 0.29) is 24.8 Å². The zero-order valence-corrected chi connectivity index (χ0v) is 14.2. The molecule has 126 valence electrons. The monoisotopic (exact) mass is 347 g/mol. The molecule has 0 N–H and O–H groups in total. The topological polar surface area (TPSA) is 85.5 Å². The first-order valence-electron chi connectivity index (χ1n) is 7.47. The third kappa shape index (κ3) is 3.59. The molecule has 3 rings (SSSR count). The quantitative estimate of drug-likeness (QED) is 0.605. The Balaban J connectivity index is 1.62. The van der Waals surface area contributed by atoms with Gasteiger partial charge in [0, 0.05) is 30.5 Å². The summed E-state index contributed by atoms with van der Waals surface area (Å²) in [7, 11) is 0. The second-order valence-corrected chi connectivity index (χ2v) is 6.31. The summed E-state index contributed by atoms with van der Waals surface area (Å²) in [5.74, 6) is -0.335. The first kappa shape index (κ1) is 16.5. The number of carbonyl (C=O) groups is 2. The van der Waals surface area contributed by atoms with Crippen LogP contribution in [0.5, 0.6) is 0 Å². The van der Waals surface area contributed by atoms with Crippen molar-refractivity contribution in [3.05, 3.63) is 36.0 Å². The van der Waals surface area contributed by atoms with Gasteiger partial charge in [0.2, 0.25) is 11.8 Å². The van der Waals surface area contributed by atoms with E-state index < -0.39 is 11.9 Å². The molecule has 7 nitrogen and oxygen atoms in total. The minimum absolute atomic E-state index is 0.0771. The van der Waals surface area contributed by atoms with Gasteiger partial charge >= 0.3 is 5.97 Å². The Morgan fingerprint density at radius 3 is 3.00 bits per heavy atom. The van der Waals surface area contributed by atoms with Crippen molar-refractivity contribution in [2.75, 3.05) is 17.7 Å². The largest absolute Gasteiger partial charge is 0.455 e. The Morgan fingerprint density at radius 1 is 1.46 bits per heavy atom. The molecule has 1 aliphatic rings. The van der Waals surface area contributed by atoms with Gasteiger partial charge in [-0.2, -0.15) is 0 Å². The molecule has 1 aromatic heterocycles. The zero-order valence-electron chi connectivity index (χ0n) is 13.4. The van der Waals surface area contributed by atoms with Crippen molar-refractivity contribution in [3.63, 3.8) is 0 Å². The van der Waals surface area contributed by atoms with Crippen molar-refractivity contribution < 1.29 is 18.7 Å². The molecular formula is C16H17N3O4S. The lowest BCUT2D eigenvalue weighted by atomic mass is 10.1. The molecular weight excluding hydrogens is 330 g/mol. The Labute approximate surface area is 143 Å². The zero-order chi connectivity index (χ0) is 17.1. The summed E-state index contributed by atoms with van der Waals surface area (Å²) in [6.45, 7) is 1.90. The van der Waals surface area contributed by atoms with E-state index in [1.165, 1.54) is 0 Å². The molecule has 0 bridgehead atoms. The number of aromatic nitrogens is 2. The van der Waals surface area contributed by atoms with Crippen molar-refractivity contribution in [2.45, 2.75) is 24.8 Å². The molecule has 8 heteroatoms. The van der Waals surface area contributed by atoms with Gasteiger partial charge in [0.25, 0.3) is 5.89 Å². The molecule has 1 atom stereocenters. The van der Waals surface area contributed by atoms with Gasteiger partial charge in [-0.3, -0.25) is 9.59 Å². The third-order valence-corrected chi connectivity index (χ3v) is 4.45. The Morgan fingerprint density at radius 2 is 2.29 bits per heavy atom. The summed E-state index contributed by atoms with van der Waals surface area (Å²) in [5, 5.41) is 7.44. The molecule has 1 saturated heterocycles. The van der Waals surface area contributed by atoms with Crippen molar-refractivity contribution in [1.82, 2.24) is 10.2 Å². The molecule has 1 amide bonds. The van der Waals surface area contributed by atoms with Crippen LogP contribution in [0.3, 0.4) is 0 Å². The van der Waals surface area contributed by atoms with Gasteiger partial charge in [-0.1, -0.05) is 6.07 Å². The second-order valence-electron chi connectivity index (χ2n) is 5.43. The average Bonchev–Trinajstić information content (AvgIpc) is 3.18. The fraction of sp³-hybridized carbons (Fsp3) is 0.375. The molecule has 1 aliphatic heterocycles. The molecule has 1 aromatic carbocycles. The van der Waals surface area contributed by atoms with Crippen LogP contribution in [0.1, 0.15) is 18.2 Å². The van der Waals surface area contributed by atoms with Crippen LogP contribution in [-0.2, 0) is 20.9 Å². The normalized spacial score (nSPS) is 17.3. The number of thioether (sulfide) groups is 1. The molecule has 0 aliphatic carbocycles. The van der Waals surface area contributed by atoms with Crippen molar-refractivity contribution in [3.8, 4) is 0 Å². The SMILES string of the molecule is CSc1cccc(N2C[C@H](C(=O)OCc3nnc(C)o3)CC2=O)c1. The van der Waals surface area contributed by atoms with E-state index in [1.54, 1.807) is 23.6 Å². The lowest BCUT2D eigenvalue weighted by Crippen LogP contribution is -2.26. The van der Waals surface area contributed by atoms with E-state index in [2.05, 4.69) is 10.2 Å². The molecule has 0 radical (unpaired) electrons. The number of ether oxygens (including phenoxy) is 1. The highest BCUT2D eigenvalue weighted by atomic mass is 32.2. The maximum atomic E-state index is 12.2. The minimum atomic E-state index is -0.487. The molecule has 24 heavy (non-hydrogen) atoms. The van der Waals surface area contributed by atoms with Crippen LogP contribution in [0.15, 0.2) is 33.6 Å². The first-order valence-corrected chi connectivity index (χ1v) is 8.69. The van der Waals surface area contributed by atoms with Gasteiger partial charge in [0.1, 0.15) is 0 Å². The van der Waals surface area contributed by atoms with E-state index in [0.29, 0.717) is 12.4 Å². The van der Waals surface area contributed by atoms with E-state index in [4.69, 9.17) is 9.15 Å². The van der Waals surface area contributed by atoms with Crippen LogP contribution < -0.4 is 4.90 Å². The standard InChI is InChI=1S/C16H17N3O4S/c1-10-17-18-14(23-10)9-22-16(21)11-6-15(20)19(8-11)12-4-3-5-13(7-12)24-2/h3-5,7,11H,6,8-9H2,1-2H3/t11-/m1/s1. The van der Waals surface area contributed by atoms with Gasteiger partial charge in [0.15, 0.2) is 6.61 Å². The highest BCUT2D eigenvalue weighted by Crippen LogP contribution is 2.28. The predicted octanol–water partition coefficient (Wildman–Crippen LogP) is 2.20. The number of rotatable bonds is 5. The first-order chi connectivity index (χ1) is 11.6. The maximum absolute atomic E-state index is 12.2. The molecule has 0 spiro atoms. The molecule has 0 unspecified atom stereocenters. The van der Waals surface area contributed by atoms with Crippen LogP contribution in [-0.4, -0.2) is 34.9 Å². The van der Waals surface area contributed by atoms with Crippen LogP contribution in [0, 0.1) is 12.8 Å². The number of carbonyl (C=O) groups excluding carboxylic acids is 2. The summed E-state index contributed by atoms with van der Waals surface area (Å²) in [6.07, 6.45) is 2.12. The van der Waals surface area contributed by atoms with E-state index in [9.17, 15) is 9.59 Å². The van der Waals surface area contributed by atoms with Crippen LogP contribution >= 0.6 is 11.8 Å². The van der Waals surface area contributed by atoms with Gasteiger partial charge in [-0.15, -0.1) is 22.0 Å². The summed E-state index contributed by atoms with van der Waals surface area (Å²) in [6, 6.07) is 7.69. The Bertz CT molecular complexity index is 761. The number of hydrogen-bond donors (Lipinski definition) is 0. The minimum Gasteiger partial charge on any atom is -0.455 e. The smallest absolute Gasteiger partial charge is 0.311 e. The maximum Gasteiger partial charge on any atom is 0.311 e. The molecule has 0 saturated carbocycles. The number of amides is 1. The Kier molecular flexibility index (Phi) is 4.84. The van der Waals surface area contributed by atoms with Crippen LogP contribution in [0.4, 0.5) is 5.69 Å². The fourth-order valence-corrected chi connectivity index (χ4v) is 2.99. The third-order valence-electron chi connectivity index (χ3n) is 3.73. The number of hydrogen-bond acceptors (Lipinski definition) is 7. The number of aryl methyl sites for hydroxylation is 1. The summed E-state index contributed by atoms with van der Waals surface area (Å²) < 4.78 is 10.3. The van der Waals surface area contributed by atoms with Crippen molar-refractivity contribution in [1.29, 1.82) is 0 Å². The fourth-order valence-electron chi connectivity index (χ4n) is 2.54. The number of anilines is 1. The van der Waals surface area contributed by atoms with Crippen LogP contribution in [0.2, 0.25) is 0 Å². The summed E-state index contributed by atoms with van der Waals surface area (Å²) in [4.78, 5) is 27.1. The van der Waals surface area contributed by atoms with E-state index >= 15 is 0 Å². The number of benzene rings is 1. The second kappa shape index (κ2) is 7.04. The van der Waals surface area contributed by atoms with Crippen LogP contribution in [0.25, 0.3) is 0 Å². The summed E-state index contributed by atoms with van der Waals surface area (Å²) >= 11 is 1.60. The van der Waals surface area contributed by atoms with Gasteiger partial charge in [0.05, 0.1) is 5.92 Å². The van der Waals surface area contributed by atoms with E-state index in [1.807, 2.05) is 30.5 Å². The highest BCUT2D eigenvalue weighted by Gasteiger charge is 2.36. The number of nitrogens with zero attached hydrogens (tertiary/aromatic N) is 3. The van der Waals surface area contributed by atoms with Gasteiger partial charge < -0.3 is 14.1 Å². The summed E-state index contributed by atoms with van der Waals surface area (Å²) in [5.41, 5.74) is 0.801. The van der Waals surface area contributed by atoms with Gasteiger partial charge in [-0.05, 0) is 24.5 Å². The van der Waals surface area contributed by atoms with Gasteiger partial charge in [-0.25, -0.2) is 0 Å².